The molecular weight excluding hydrogens is 443 g/mol. The molecule has 0 bridgehead atoms. The van der Waals surface area contributed by atoms with E-state index in [2.05, 4.69) is 31.4 Å². The van der Waals surface area contributed by atoms with E-state index in [1.165, 1.54) is 12.1 Å². The average Bonchev–Trinajstić information content (AvgIpc) is 3.14. The summed E-state index contributed by atoms with van der Waals surface area (Å²) in [5, 5.41) is 6.62. The predicted octanol–water partition coefficient (Wildman–Crippen LogP) is 5.53. The number of aryl methyl sites for hydroxylation is 2. The van der Waals surface area contributed by atoms with E-state index in [4.69, 9.17) is 4.74 Å². The summed E-state index contributed by atoms with van der Waals surface area (Å²) in [6, 6.07) is 9.55. The summed E-state index contributed by atoms with van der Waals surface area (Å²) in [5.74, 6) is -1.64. The van der Waals surface area contributed by atoms with Crippen LogP contribution in [0.1, 0.15) is 76.1 Å². The lowest BCUT2D eigenvalue weighted by Gasteiger charge is -2.37. The van der Waals surface area contributed by atoms with Gasteiger partial charge in [0.05, 0.1) is 0 Å². The van der Waals surface area contributed by atoms with Crippen molar-refractivity contribution in [1.82, 2.24) is 5.32 Å². The monoisotopic (exact) mass is 480 g/mol. The Labute approximate surface area is 207 Å². The molecule has 5 nitrogen and oxygen atoms in total. The van der Waals surface area contributed by atoms with E-state index in [-0.39, 0.29) is 23.2 Å². The molecule has 0 saturated carbocycles. The van der Waals surface area contributed by atoms with Gasteiger partial charge < -0.3 is 10.1 Å². The molecule has 0 aliphatic carbocycles. The van der Waals surface area contributed by atoms with E-state index in [9.17, 15) is 14.0 Å². The zero-order valence-corrected chi connectivity index (χ0v) is 22.0. The number of nitrogens with one attached hydrogen (secondary N) is 2. The molecule has 2 heterocycles. The molecule has 1 fully saturated rings. The van der Waals surface area contributed by atoms with Crippen molar-refractivity contribution in [3.63, 3.8) is 0 Å². The molecule has 4 rings (SSSR count). The van der Waals surface area contributed by atoms with Gasteiger partial charge in [0.15, 0.2) is 0 Å². The van der Waals surface area contributed by atoms with Gasteiger partial charge in [0, 0.05) is 17.6 Å². The minimum Gasteiger partial charge on any atom is -0.459 e. The van der Waals surface area contributed by atoms with Crippen LogP contribution >= 0.6 is 0 Å². The smallest absolute Gasteiger partial charge is 0.324 e. The summed E-state index contributed by atoms with van der Waals surface area (Å²) in [5.41, 5.74) is 2.03. The Kier molecular flexibility index (Phi) is 6.12. The Morgan fingerprint density at radius 2 is 1.71 bits per heavy atom. The number of hydrogen-bond donors (Lipinski definition) is 2. The van der Waals surface area contributed by atoms with Gasteiger partial charge in [-0.3, -0.25) is 14.9 Å². The number of ether oxygens (including phenoxy) is 1. The summed E-state index contributed by atoms with van der Waals surface area (Å²) in [6.45, 7) is 15.6. The van der Waals surface area contributed by atoms with Gasteiger partial charge in [-0.25, -0.2) is 4.39 Å². The van der Waals surface area contributed by atoms with Gasteiger partial charge in [-0.05, 0) is 86.9 Å². The average molecular weight is 481 g/mol. The number of halogens is 1. The number of carbonyl (C=O) groups is 2. The van der Waals surface area contributed by atoms with Crippen LogP contribution in [-0.4, -0.2) is 29.6 Å². The van der Waals surface area contributed by atoms with Crippen LogP contribution in [0.15, 0.2) is 36.4 Å². The topological polar surface area (TPSA) is 67.4 Å². The number of anilines is 1. The fraction of sp³-hybridized carbons (Fsp3) is 0.517. The Balaban J connectivity index is 2.00. The minimum atomic E-state index is -1.10. The second kappa shape index (κ2) is 8.44. The van der Waals surface area contributed by atoms with Crippen molar-refractivity contribution in [1.29, 1.82) is 0 Å². The molecule has 0 aromatic heterocycles. The summed E-state index contributed by atoms with van der Waals surface area (Å²) < 4.78 is 20.6. The third-order valence-electron chi connectivity index (χ3n) is 6.90. The zero-order valence-electron chi connectivity index (χ0n) is 22.0. The number of benzene rings is 2. The molecule has 1 saturated heterocycles. The maximum atomic E-state index is 14.7. The Morgan fingerprint density at radius 1 is 1.03 bits per heavy atom. The zero-order chi connectivity index (χ0) is 25.9. The highest BCUT2D eigenvalue weighted by Crippen LogP contribution is 2.56. The lowest BCUT2D eigenvalue weighted by atomic mass is 9.62. The van der Waals surface area contributed by atoms with E-state index in [0.717, 1.165) is 22.4 Å². The lowest BCUT2D eigenvalue weighted by molar-refractivity contribution is -0.157. The number of carbonyl (C=O) groups excluding carboxylic acids is 2. The third kappa shape index (κ3) is 4.61. The third-order valence-corrected chi connectivity index (χ3v) is 6.90. The number of amides is 1. The Hall–Kier alpha value is -2.73. The normalized spacial score (nSPS) is 26.1. The number of esters is 1. The molecule has 2 aromatic rings. The summed E-state index contributed by atoms with van der Waals surface area (Å²) in [6.07, 6.45) is 0.637. The quantitative estimate of drug-likeness (QED) is 0.567. The number of fused-ring (bicyclic) bond motifs is 2. The Bertz CT molecular complexity index is 1160. The molecule has 2 aromatic carbocycles. The summed E-state index contributed by atoms with van der Waals surface area (Å²) in [7, 11) is 0. The second-order valence-corrected chi connectivity index (χ2v) is 12.4. The van der Waals surface area contributed by atoms with Gasteiger partial charge in [0.1, 0.15) is 22.9 Å². The van der Waals surface area contributed by atoms with Gasteiger partial charge in [-0.1, -0.05) is 39.0 Å². The van der Waals surface area contributed by atoms with Gasteiger partial charge in [-0.15, -0.1) is 0 Å². The van der Waals surface area contributed by atoms with Crippen LogP contribution in [-0.2, 0) is 19.7 Å². The molecule has 6 heteroatoms. The highest BCUT2D eigenvalue weighted by atomic mass is 19.1. The SMILES string of the molecule is Cc1cc(F)cc(C2[C@H](C(=O)OC(C)(C)C)NC(CC(C)(C)C)[C@@]23C(=O)Nc2cc(C)ccc23)c1. The van der Waals surface area contributed by atoms with Crippen LogP contribution in [0.4, 0.5) is 10.1 Å². The molecular formula is C29H37FN2O3. The fourth-order valence-corrected chi connectivity index (χ4v) is 5.85. The van der Waals surface area contributed by atoms with Crippen molar-refractivity contribution in [3.05, 3.63) is 64.5 Å². The van der Waals surface area contributed by atoms with Crippen LogP contribution in [0, 0.1) is 25.1 Å². The number of rotatable bonds is 3. The van der Waals surface area contributed by atoms with E-state index >= 15 is 0 Å². The van der Waals surface area contributed by atoms with E-state index < -0.39 is 28.9 Å². The highest BCUT2D eigenvalue weighted by molar-refractivity contribution is 6.09. The maximum Gasteiger partial charge on any atom is 0.324 e. The van der Waals surface area contributed by atoms with E-state index in [0.29, 0.717) is 12.0 Å². The largest absolute Gasteiger partial charge is 0.459 e. The summed E-state index contributed by atoms with van der Waals surface area (Å²) in [4.78, 5) is 27.7. The molecule has 35 heavy (non-hydrogen) atoms. The molecule has 2 aliphatic rings. The molecule has 1 amide bonds. The first-order chi connectivity index (χ1) is 16.1. The molecule has 2 aliphatic heterocycles. The van der Waals surface area contributed by atoms with Gasteiger partial charge in [0.2, 0.25) is 5.91 Å². The minimum absolute atomic E-state index is 0.135. The predicted molar refractivity (Wildman–Crippen MR) is 136 cm³/mol. The van der Waals surface area contributed by atoms with Crippen molar-refractivity contribution in [2.24, 2.45) is 5.41 Å². The summed E-state index contributed by atoms with van der Waals surface area (Å²) >= 11 is 0. The van der Waals surface area contributed by atoms with Gasteiger partial charge in [0.25, 0.3) is 0 Å². The van der Waals surface area contributed by atoms with Crippen molar-refractivity contribution in [3.8, 4) is 0 Å². The standard InChI is InChI=1S/C29H37FN2O3/c1-16-9-10-20-21(13-16)31-26(34)29(20)22(15-27(3,4)5)32-24(25(33)35-28(6,7)8)23(29)18-11-17(2)12-19(30)14-18/h9-14,22-24,32H,15H2,1-8H3,(H,31,34)/t22?,23?,24-,29-/m1/s1. The molecule has 2 N–H and O–H groups in total. The van der Waals surface area contributed by atoms with Crippen molar-refractivity contribution in [2.75, 3.05) is 5.32 Å². The van der Waals surface area contributed by atoms with Crippen molar-refractivity contribution < 1.29 is 18.7 Å². The van der Waals surface area contributed by atoms with Crippen LogP contribution in [0.5, 0.6) is 0 Å². The van der Waals surface area contributed by atoms with Gasteiger partial charge >= 0.3 is 5.97 Å². The molecule has 1 spiro atoms. The second-order valence-electron chi connectivity index (χ2n) is 12.4. The van der Waals surface area contributed by atoms with Crippen molar-refractivity contribution in [2.45, 2.75) is 90.8 Å². The first-order valence-electron chi connectivity index (χ1n) is 12.3. The van der Waals surface area contributed by atoms with E-state index in [1.807, 2.05) is 58.9 Å². The Morgan fingerprint density at radius 3 is 2.31 bits per heavy atom. The van der Waals surface area contributed by atoms with E-state index in [1.54, 1.807) is 0 Å². The van der Waals surface area contributed by atoms with Crippen molar-refractivity contribution >= 4 is 17.6 Å². The molecule has 188 valence electrons. The van der Waals surface area contributed by atoms with Crippen LogP contribution in [0.2, 0.25) is 0 Å². The van der Waals surface area contributed by atoms with Crippen LogP contribution in [0.3, 0.4) is 0 Å². The van der Waals surface area contributed by atoms with Crippen LogP contribution in [0.25, 0.3) is 0 Å². The highest BCUT2D eigenvalue weighted by Gasteiger charge is 2.66. The molecule has 4 atom stereocenters. The first kappa shape index (κ1) is 25.4. The molecule has 2 unspecified atom stereocenters. The molecule has 0 radical (unpaired) electrons. The first-order valence-corrected chi connectivity index (χ1v) is 12.3. The lowest BCUT2D eigenvalue weighted by Crippen LogP contribution is -2.49. The van der Waals surface area contributed by atoms with Crippen LogP contribution < -0.4 is 10.6 Å². The van der Waals surface area contributed by atoms with Gasteiger partial charge in [-0.2, -0.15) is 0 Å². The fourth-order valence-electron chi connectivity index (χ4n) is 5.85. The number of hydrogen-bond acceptors (Lipinski definition) is 4. The maximum absolute atomic E-state index is 14.7.